The highest BCUT2D eigenvalue weighted by atomic mass is 35.5. The third-order valence-corrected chi connectivity index (χ3v) is 4.87. The van der Waals surface area contributed by atoms with Gasteiger partial charge in [-0.05, 0) is 19.9 Å². The minimum absolute atomic E-state index is 0.0354. The van der Waals surface area contributed by atoms with E-state index < -0.39 is 59.4 Å². The van der Waals surface area contributed by atoms with Crippen molar-refractivity contribution in [3.8, 4) is 11.7 Å². The summed E-state index contributed by atoms with van der Waals surface area (Å²) < 4.78 is 74.0. The van der Waals surface area contributed by atoms with E-state index in [0.29, 0.717) is 17.7 Å². The predicted molar refractivity (Wildman–Crippen MR) is 110 cm³/mol. The van der Waals surface area contributed by atoms with Gasteiger partial charge in [0, 0.05) is 12.6 Å². The number of anilines is 1. The normalized spacial score (nSPS) is 12.5. The summed E-state index contributed by atoms with van der Waals surface area (Å²) in [4.78, 5) is 32.4. The van der Waals surface area contributed by atoms with Gasteiger partial charge in [0.05, 0.1) is 11.9 Å². The van der Waals surface area contributed by atoms with Crippen LogP contribution in [-0.4, -0.2) is 47.6 Å². The lowest BCUT2D eigenvalue weighted by Gasteiger charge is -2.19. The maximum Gasteiger partial charge on any atom is 0.425 e. The third kappa shape index (κ3) is 5.40. The summed E-state index contributed by atoms with van der Waals surface area (Å²) >= 11 is 5.78. The number of aliphatic hydroxyl groups excluding tert-OH is 1. The number of rotatable bonds is 7. The molecule has 35 heavy (non-hydrogen) atoms. The molecule has 0 aliphatic rings. The molecule has 188 valence electrons. The molecule has 0 aliphatic heterocycles. The first kappa shape index (κ1) is 26.0. The van der Waals surface area contributed by atoms with Crippen molar-refractivity contribution in [3.63, 3.8) is 0 Å². The minimum Gasteiger partial charge on any atom is -0.464 e. The molecule has 10 nitrogen and oxygen atoms in total. The Hall–Kier alpha value is -3.59. The van der Waals surface area contributed by atoms with Crippen LogP contribution in [0.4, 0.5) is 27.6 Å². The van der Waals surface area contributed by atoms with Crippen molar-refractivity contribution in [1.82, 2.24) is 24.3 Å². The Morgan fingerprint density at radius 2 is 2.00 bits per heavy atom. The second-order valence-electron chi connectivity index (χ2n) is 6.91. The van der Waals surface area contributed by atoms with Gasteiger partial charge in [-0.15, -0.1) is 5.10 Å². The molecule has 0 spiro atoms. The lowest BCUT2D eigenvalue weighted by molar-refractivity contribution is -0.190. The zero-order chi connectivity index (χ0) is 26.1. The highest BCUT2D eigenvalue weighted by molar-refractivity contribution is 6.32. The number of hydrogen-bond donors (Lipinski definition) is 2. The first-order chi connectivity index (χ1) is 16.4. The molecule has 0 aliphatic carbocycles. The van der Waals surface area contributed by atoms with Gasteiger partial charge in [-0.1, -0.05) is 11.6 Å². The summed E-state index contributed by atoms with van der Waals surface area (Å²) in [6.07, 6.45) is -6.65. The highest BCUT2D eigenvalue weighted by Crippen LogP contribution is 2.29. The van der Waals surface area contributed by atoms with Crippen molar-refractivity contribution >= 4 is 23.2 Å². The Morgan fingerprint density at radius 1 is 1.31 bits per heavy atom. The largest absolute Gasteiger partial charge is 0.464 e. The number of hydrogen-bond acceptors (Lipinski definition) is 7. The summed E-state index contributed by atoms with van der Waals surface area (Å²) in [5.41, 5.74) is -2.14. The van der Waals surface area contributed by atoms with Gasteiger partial charge >= 0.3 is 11.9 Å². The number of pyridine rings is 2. The zero-order valence-corrected chi connectivity index (χ0v) is 18.7. The van der Waals surface area contributed by atoms with E-state index in [-0.39, 0.29) is 23.2 Å². The Balaban J connectivity index is 2.14. The van der Waals surface area contributed by atoms with Crippen molar-refractivity contribution in [2.75, 3.05) is 5.32 Å². The van der Waals surface area contributed by atoms with Crippen LogP contribution in [0.1, 0.15) is 30.0 Å². The number of carbonyl (C=O) groups excluding carboxylic acids is 1. The summed E-state index contributed by atoms with van der Waals surface area (Å²) in [5, 5.41) is 14.8. The molecule has 0 aromatic carbocycles. The van der Waals surface area contributed by atoms with Crippen LogP contribution in [0.15, 0.2) is 23.1 Å². The first-order valence-electron chi connectivity index (χ1n) is 9.73. The topological polar surface area (TPSA) is 124 Å². The minimum atomic E-state index is -4.90. The summed E-state index contributed by atoms with van der Waals surface area (Å²) in [6.45, 7) is 1.49. The zero-order valence-electron chi connectivity index (χ0n) is 17.9. The average Bonchev–Trinajstić information content (AvgIpc) is 3.11. The highest BCUT2D eigenvalue weighted by Gasteiger charge is 2.39. The number of halogens is 6. The molecule has 3 aromatic rings. The van der Waals surface area contributed by atoms with Crippen LogP contribution >= 0.6 is 11.6 Å². The van der Waals surface area contributed by atoms with E-state index in [1.54, 1.807) is 0 Å². The number of ether oxygens (including phenoxy) is 1. The van der Waals surface area contributed by atoms with Gasteiger partial charge in [-0.25, -0.2) is 18.6 Å². The van der Waals surface area contributed by atoms with Crippen molar-refractivity contribution in [2.45, 2.75) is 39.3 Å². The number of alkyl halides is 3. The fourth-order valence-corrected chi connectivity index (χ4v) is 2.96. The van der Waals surface area contributed by atoms with Crippen molar-refractivity contribution in [1.29, 1.82) is 0 Å². The lowest BCUT2D eigenvalue weighted by Crippen LogP contribution is -2.33. The van der Waals surface area contributed by atoms with E-state index in [1.165, 1.54) is 6.92 Å². The van der Waals surface area contributed by atoms with Gasteiger partial charge in [-0.2, -0.15) is 22.8 Å². The van der Waals surface area contributed by atoms with Crippen LogP contribution in [0.5, 0.6) is 5.88 Å². The summed E-state index contributed by atoms with van der Waals surface area (Å²) in [7, 11) is 0. The van der Waals surface area contributed by atoms with Gasteiger partial charge in [0.15, 0.2) is 28.7 Å². The first-order valence-corrected chi connectivity index (χ1v) is 10.1. The molecule has 1 atom stereocenters. The maximum absolute atomic E-state index is 15.0. The Labute approximate surface area is 197 Å². The number of amides is 1. The molecule has 1 unspecified atom stereocenters. The van der Waals surface area contributed by atoms with Crippen molar-refractivity contribution in [2.24, 2.45) is 0 Å². The van der Waals surface area contributed by atoms with Crippen LogP contribution < -0.4 is 15.7 Å². The van der Waals surface area contributed by atoms with E-state index in [1.807, 2.05) is 0 Å². The second kappa shape index (κ2) is 9.95. The van der Waals surface area contributed by atoms with Gasteiger partial charge < -0.3 is 15.2 Å². The Bertz CT molecular complexity index is 1330. The van der Waals surface area contributed by atoms with E-state index >= 15 is 0 Å². The molecule has 0 bridgehead atoms. The number of carbonyl (C=O) groups is 1. The van der Waals surface area contributed by atoms with Crippen LogP contribution in [0.3, 0.4) is 0 Å². The van der Waals surface area contributed by atoms with Gasteiger partial charge in [0.25, 0.3) is 5.91 Å². The van der Waals surface area contributed by atoms with Crippen molar-refractivity contribution < 1.29 is 36.6 Å². The fourth-order valence-electron chi connectivity index (χ4n) is 2.81. The molecule has 0 saturated carbocycles. The van der Waals surface area contributed by atoms with Crippen molar-refractivity contribution in [3.05, 3.63) is 57.0 Å². The molecule has 3 heterocycles. The van der Waals surface area contributed by atoms with Crippen LogP contribution in [0.2, 0.25) is 5.15 Å². The van der Waals surface area contributed by atoms with E-state index in [2.05, 4.69) is 20.4 Å². The third-order valence-electron chi connectivity index (χ3n) is 4.57. The van der Waals surface area contributed by atoms with E-state index in [9.17, 15) is 36.6 Å². The second-order valence-corrected chi connectivity index (χ2v) is 7.27. The quantitative estimate of drug-likeness (QED) is 0.361. The maximum atomic E-state index is 15.0. The Kier molecular flexibility index (Phi) is 7.40. The van der Waals surface area contributed by atoms with E-state index in [0.717, 1.165) is 16.8 Å². The monoisotopic (exact) mass is 522 g/mol. The number of nitrogens with one attached hydrogen (secondary N) is 1. The van der Waals surface area contributed by atoms with Gasteiger partial charge in [0.1, 0.15) is 18.0 Å². The fraction of sp³-hybridized carbons (Fsp3) is 0.316. The molecule has 0 saturated heterocycles. The summed E-state index contributed by atoms with van der Waals surface area (Å²) in [6, 6.07) is 1.24. The van der Waals surface area contributed by atoms with Gasteiger partial charge in [0.2, 0.25) is 5.88 Å². The molecule has 16 heteroatoms. The molecule has 2 N–H and O–H groups in total. The van der Waals surface area contributed by atoms with E-state index in [4.69, 9.17) is 16.3 Å². The molecule has 1 amide bonds. The molecule has 0 fully saturated rings. The number of aromatic nitrogens is 5. The molecule has 3 aromatic heterocycles. The number of nitrogens with zero attached hydrogens (tertiary/aromatic N) is 5. The average molecular weight is 523 g/mol. The molecular formula is C19H16ClF5N6O4. The van der Waals surface area contributed by atoms with Crippen LogP contribution in [0.25, 0.3) is 5.82 Å². The summed E-state index contributed by atoms with van der Waals surface area (Å²) in [5.74, 6) is -5.55. The predicted octanol–water partition coefficient (Wildman–Crippen LogP) is 2.85. The number of aliphatic hydroxyl groups is 1. The molecule has 3 rings (SSSR count). The Morgan fingerprint density at radius 3 is 2.57 bits per heavy atom. The molecule has 0 radical (unpaired) electrons. The lowest BCUT2D eigenvalue weighted by atomic mass is 10.2. The standard InChI is InChI=1S/C19H16ClF5N6O4/c1-3-30-13(7-32)29-31(18(30)34)15-11(22)5-10(17(28-15)35-8(2)19(23,24)25)16(33)27-12-4-9(21)6-26-14(12)20/h4-6,8,32H,3,7H2,1-2H3,(H,27,33). The smallest absolute Gasteiger partial charge is 0.425 e. The van der Waals surface area contributed by atoms with Gasteiger partial charge in [-0.3, -0.25) is 9.36 Å². The molecular weight excluding hydrogens is 507 g/mol. The van der Waals surface area contributed by atoms with Crippen LogP contribution in [-0.2, 0) is 13.2 Å². The van der Waals surface area contributed by atoms with Crippen LogP contribution in [0, 0.1) is 11.6 Å². The SMILES string of the molecule is CCn1c(CO)nn(-c2nc(OC(C)C(F)(F)F)c(C(=O)Nc3cc(F)cnc3Cl)cc2F)c1=O.